The van der Waals surface area contributed by atoms with Gasteiger partial charge in [0.1, 0.15) is 5.52 Å². The molecule has 2 aromatic heterocycles. The molecule has 0 aliphatic rings. The van der Waals surface area contributed by atoms with Gasteiger partial charge in [-0.1, -0.05) is 62.4 Å². The van der Waals surface area contributed by atoms with Crippen LogP contribution in [-0.4, -0.2) is 14.8 Å². The molecule has 0 saturated heterocycles. The second-order valence-corrected chi connectivity index (χ2v) is 6.93. The van der Waals surface area contributed by atoms with Crippen LogP contribution in [0.25, 0.3) is 21.8 Å². The minimum Gasteiger partial charge on any atom is -0.382 e. The summed E-state index contributed by atoms with van der Waals surface area (Å²) in [6, 6.07) is 18.6. The molecule has 2 aromatic carbocycles. The number of benzene rings is 2. The number of hydrogen-bond donors (Lipinski definition) is 1. The maximum absolute atomic E-state index is 6.24. The van der Waals surface area contributed by atoms with Gasteiger partial charge in [0.15, 0.2) is 5.82 Å². The van der Waals surface area contributed by atoms with E-state index >= 15 is 0 Å². The number of aromatic nitrogens is 3. The number of nitrogens with two attached hydrogens (primary N) is 1. The number of fused-ring (bicyclic) bond motifs is 3. The third-order valence-corrected chi connectivity index (χ3v) is 4.49. The molecule has 2 heterocycles. The second-order valence-electron chi connectivity index (χ2n) is 6.93. The summed E-state index contributed by atoms with van der Waals surface area (Å²) in [7, 11) is 0. The number of rotatable bonds is 4. The van der Waals surface area contributed by atoms with Crippen molar-refractivity contribution < 1.29 is 0 Å². The molecule has 2 N–H and O–H groups in total. The molecular formula is C21H22N4. The Morgan fingerprint density at radius 3 is 2.48 bits per heavy atom. The zero-order valence-corrected chi connectivity index (χ0v) is 14.6. The summed E-state index contributed by atoms with van der Waals surface area (Å²) >= 11 is 0. The van der Waals surface area contributed by atoms with E-state index in [1.54, 1.807) is 0 Å². The van der Waals surface area contributed by atoms with Crippen molar-refractivity contribution in [1.82, 2.24) is 14.8 Å². The highest BCUT2D eigenvalue weighted by molar-refractivity contribution is 6.09. The molecule has 0 aliphatic heterocycles. The Hall–Kier alpha value is -2.88. The molecule has 0 saturated carbocycles. The van der Waals surface area contributed by atoms with Crippen molar-refractivity contribution in [3.8, 4) is 0 Å². The van der Waals surface area contributed by atoms with E-state index < -0.39 is 0 Å². The molecule has 0 spiro atoms. The van der Waals surface area contributed by atoms with Crippen LogP contribution in [-0.2, 0) is 13.0 Å². The fraction of sp³-hybridized carbons (Fsp3) is 0.238. The summed E-state index contributed by atoms with van der Waals surface area (Å²) in [4.78, 5) is 4.55. The summed E-state index contributed by atoms with van der Waals surface area (Å²) < 4.78 is 2.10. The monoisotopic (exact) mass is 330 g/mol. The molecule has 0 amide bonds. The molecule has 0 aliphatic carbocycles. The van der Waals surface area contributed by atoms with Gasteiger partial charge in [-0.15, -0.1) is 0 Å². The normalized spacial score (nSPS) is 11.6. The van der Waals surface area contributed by atoms with E-state index in [1.165, 1.54) is 11.3 Å². The van der Waals surface area contributed by atoms with Crippen LogP contribution in [0.15, 0.2) is 54.6 Å². The molecule has 0 unspecified atom stereocenters. The zero-order valence-electron chi connectivity index (χ0n) is 14.6. The van der Waals surface area contributed by atoms with Gasteiger partial charge in [0, 0.05) is 16.5 Å². The topological polar surface area (TPSA) is 56.7 Å². The maximum atomic E-state index is 6.24. The summed E-state index contributed by atoms with van der Waals surface area (Å²) in [5, 5.41) is 7.11. The smallest absolute Gasteiger partial charge is 0.152 e. The van der Waals surface area contributed by atoms with E-state index in [-0.39, 0.29) is 0 Å². The fourth-order valence-corrected chi connectivity index (χ4v) is 3.41. The Balaban J connectivity index is 1.99. The van der Waals surface area contributed by atoms with Crippen molar-refractivity contribution in [3.63, 3.8) is 0 Å². The van der Waals surface area contributed by atoms with Crippen molar-refractivity contribution in [2.24, 2.45) is 5.92 Å². The predicted octanol–water partition coefficient (Wildman–Crippen LogP) is 4.41. The zero-order chi connectivity index (χ0) is 17.4. The van der Waals surface area contributed by atoms with Gasteiger partial charge in [0.2, 0.25) is 0 Å². The summed E-state index contributed by atoms with van der Waals surface area (Å²) in [6.07, 6.45) is 0.955. The van der Waals surface area contributed by atoms with E-state index in [0.29, 0.717) is 11.7 Å². The second kappa shape index (κ2) is 6.20. The van der Waals surface area contributed by atoms with Crippen molar-refractivity contribution >= 4 is 27.6 Å². The largest absolute Gasteiger partial charge is 0.382 e. The molecule has 126 valence electrons. The van der Waals surface area contributed by atoms with Crippen LogP contribution in [0, 0.1) is 5.92 Å². The first-order valence-electron chi connectivity index (χ1n) is 8.71. The summed E-state index contributed by atoms with van der Waals surface area (Å²) in [5.74, 6) is 1.04. The lowest BCUT2D eigenvalue weighted by atomic mass is 10.0. The number of nitrogen functional groups attached to an aromatic ring is 1. The van der Waals surface area contributed by atoms with E-state index in [1.807, 2.05) is 24.3 Å². The summed E-state index contributed by atoms with van der Waals surface area (Å²) in [6.45, 7) is 5.21. The van der Waals surface area contributed by atoms with Crippen LogP contribution in [0.4, 0.5) is 5.82 Å². The maximum Gasteiger partial charge on any atom is 0.152 e. The third kappa shape index (κ3) is 2.84. The Labute approximate surface area is 147 Å². The molecular weight excluding hydrogens is 308 g/mol. The lowest BCUT2D eigenvalue weighted by Gasteiger charge is -2.11. The molecule has 4 aromatic rings. The standard InChI is InChI=1S/C21H22N4/c1-14(2)12-18-19-16-10-6-7-11-17(16)23-21(22)20(19)24-25(18)13-15-8-4-3-5-9-15/h3-11,14H,12-13H2,1-2H3,(H2,22,23). The average molecular weight is 330 g/mol. The van der Waals surface area contributed by atoms with Gasteiger partial charge < -0.3 is 5.73 Å². The van der Waals surface area contributed by atoms with Gasteiger partial charge >= 0.3 is 0 Å². The highest BCUT2D eigenvalue weighted by Crippen LogP contribution is 2.31. The van der Waals surface area contributed by atoms with E-state index in [9.17, 15) is 0 Å². The van der Waals surface area contributed by atoms with Gasteiger partial charge in [0.05, 0.1) is 12.1 Å². The minimum absolute atomic E-state index is 0.505. The Bertz CT molecular complexity index is 1030. The SMILES string of the molecule is CC(C)Cc1c2c(nn1Cc1ccccc1)c(N)nc1ccccc12. The molecule has 4 heteroatoms. The van der Waals surface area contributed by atoms with Crippen molar-refractivity contribution in [2.45, 2.75) is 26.8 Å². The van der Waals surface area contributed by atoms with E-state index in [2.05, 4.69) is 53.8 Å². The lowest BCUT2D eigenvalue weighted by molar-refractivity contribution is 0.578. The van der Waals surface area contributed by atoms with Crippen molar-refractivity contribution in [2.75, 3.05) is 5.73 Å². The minimum atomic E-state index is 0.505. The highest BCUT2D eigenvalue weighted by atomic mass is 15.3. The fourth-order valence-electron chi connectivity index (χ4n) is 3.41. The van der Waals surface area contributed by atoms with Gasteiger partial charge in [-0.2, -0.15) is 5.10 Å². The van der Waals surface area contributed by atoms with Crippen LogP contribution in [0.2, 0.25) is 0 Å². The van der Waals surface area contributed by atoms with Gasteiger partial charge in [-0.3, -0.25) is 4.68 Å². The first kappa shape index (κ1) is 15.6. The number of nitrogens with zero attached hydrogens (tertiary/aromatic N) is 3. The molecule has 4 rings (SSSR count). The molecule has 0 bridgehead atoms. The van der Waals surface area contributed by atoms with E-state index in [0.717, 1.165) is 34.8 Å². The third-order valence-electron chi connectivity index (χ3n) is 4.49. The quantitative estimate of drug-likeness (QED) is 0.603. The average Bonchev–Trinajstić information content (AvgIpc) is 2.95. The number of para-hydroxylation sites is 1. The predicted molar refractivity (Wildman–Crippen MR) is 104 cm³/mol. The number of anilines is 1. The van der Waals surface area contributed by atoms with Crippen LogP contribution in [0.3, 0.4) is 0 Å². The molecule has 0 fully saturated rings. The summed E-state index contributed by atoms with van der Waals surface area (Å²) in [5.41, 5.74) is 10.4. The molecule has 0 radical (unpaired) electrons. The van der Waals surface area contributed by atoms with E-state index in [4.69, 9.17) is 10.8 Å². The number of hydrogen-bond acceptors (Lipinski definition) is 3. The lowest BCUT2D eigenvalue weighted by Crippen LogP contribution is -2.08. The first-order valence-corrected chi connectivity index (χ1v) is 8.71. The Morgan fingerprint density at radius 1 is 1.00 bits per heavy atom. The molecule has 4 nitrogen and oxygen atoms in total. The van der Waals surface area contributed by atoms with Crippen LogP contribution >= 0.6 is 0 Å². The van der Waals surface area contributed by atoms with Crippen LogP contribution < -0.4 is 5.73 Å². The number of pyridine rings is 1. The van der Waals surface area contributed by atoms with Crippen molar-refractivity contribution in [1.29, 1.82) is 0 Å². The molecule has 0 atom stereocenters. The highest BCUT2D eigenvalue weighted by Gasteiger charge is 2.18. The van der Waals surface area contributed by atoms with Crippen LogP contribution in [0.1, 0.15) is 25.1 Å². The Morgan fingerprint density at radius 2 is 1.72 bits per heavy atom. The first-order chi connectivity index (χ1) is 12.1. The van der Waals surface area contributed by atoms with Crippen molar-refractivity contribution in [3.05, 3.63) is 65.9 Å². The van der Waals surface area contributed by atoms with Crippen LogP contribution in [0.5, 0.6) is 0 Å². The van der Waals surface area contributed by atoms with Gasteiger partial charge in [-0.05, 0) is 24.0 Å². The van der Waals surface area contributed by atoms with Gasteiger partial charge in [0.25, 0.3) is 0 Å². The Kier molecular flexibility index (Phi) is 3.88. The van der Waals surface area contributed by atoms with Gasteiger partial charge in [-0.25, -0.2) is 4.98 Å². The molecule has 25 heavy (non-hydrogen) atoms.